The Labute approximate surface area is 122 Å². The number of amides is 1. The Morgan fingerprint density at radius 1 is 1.30 bits per heavy atom. The molecule has 0 heterocycles. The van der Waals surface area contributed by atoms with E-state index >= 15 is 0 Å². The Kier molecular flexibility index (Phi) is 4.69. The van der Waals surface area contributed by atoms with Gasteiger partial charge in [-0.1, -0.05) is 25.8 Å². The Hall–Kier alpha value is -1.51. The van der Waals surface area contributed by atoms with Gasteiger partial charge in [-0.2, -0.15) is 0 Å². The fourth-order valence-electron chi connectivity index (χ4n) is 3.26. The highest BCUT2D eigenvalue weighted by molar-refractivity contribution is 5.99. The first-order valence-corrected chi connectivity index (χ1v) is 7.60. The van der Waals surface area contributed by atoms with Crippen LogP contribution in [0.15, 0.2) is 18.2 Å². The molecule has 2 unspecified atom stereocenters. The summed E-state index contributed by atoms with van der Waals surface area (Å²) in [7, 11) is 3.82. The zero-order valence-corrected chi connectivity index (χ0v) is 13.1. The highest BCUT2D eigenvalue weighted by Crippen LogP contribution is 2.29. The SMILES string of the molecule is CNc1cc(C)ccc1C(=O)N(C)C1CCCCC1C. The molecule has 1 aliphatic carbocycles. The van der Waals surface area contributed by atoms with Crippen LogP contribution in [0.4, 0.5) is 5.69 Å². The van der Waals surface area contributed by atoms with Gasteiger partial charge in [-0.25, -0.2) is 0 Å². The van der Waals surface area contributed by atoms with Crippen molar-refractivity contribution in [1.29, 1.82) is 0 Å². The summed E-state index contributed by atoms with van der Waals surface area (Å²) >= 11 is 0. The molecule has 0 aliphatic heterocycles. The van der Waals surface area contributed by atoms with Crippen molar-refractivity contribution in [2.75, 3.05) is 19.4 Å². The van der Waals surface area contributed by atoms with Gasteiger partial charge in [0.25, 0.3) is 5.91 Å². The molecule has 0 radical (unpaired) electrons. The van der Waals surface area contributed by atoms with E-state index in [1.54, 1.807) is 0 Å². The molecule has 20 heavy (non-hydrogen) atoms. The molecule has 1 amide bonds. The third-order valence-electron chi connectivity index (χ3n) is 4.56. The fourth-order valence-corrected chi connectivity index (χ4v) is 3.26. The van der Waals surface area contributed by atoms with Crippen LogP contribution in [0, 0.1) is 12.8 Å². The number of anilines is 1. The topological polar surface area (TPSA) is 32.3 Å². The summed E-state index contributed by atoms with van der Waals surface area (Å²) in [4.78, 5) is 14.7. The molecule has 3 nitrogen and oxygen atoms in total. The van der Waals surface area contributed by atoms with Gasteiger partial charge in [0, 0.05) is 25.8 Å². The van der Waals surface area contributed by atoms with Crippen LogP contribution in [-0.4, -0.2) is 30.9 Å². The van der Waals surface area contributed by atoms with Crippen molar-refractivity contribution < 1.29 is 4.79 Å². The molecule has 1 aliphatic rings. The number of hydrogen-bond acceptors (Lipinski definition) is 2. The average molecular weight is 274 g/mol. The van der Waals surface area contributed by atoms with Crippen LogP contribution in [0.1, 0.15) is 48.5 Å². The van der Waals surface area contributed by atoms with Crippen LogP contribution in [0.5, 0.6) is 0 Å². The average Bonchev–Trinajstić information content (AvgIpc) is 2.46. The van der Waals surface area contributed by atoms with Gasteiger partial charge in [-0.3, -0.25) is 4.79 Å². The summed E-state index contributed by atoms with van der Waals surface area (Å²) < 4.78 is 0. The predicted octanol–water partition coefficient (Wildman–Crippen LogP) is 3.69. The van der Waals surface area contributed by atoms with Gasteiger partial charge in [0.2, 0.25) is 0 Å². The lowest BCUT2D eigenvalue weighted by molar-refractivity contribution is 0.0630. The zero-order valence-electron chi connectivity index (χ0n) is 13.1. The molecule has 2 rings (SSSR count). The van der Waals surface area contributed by atoms with Crippen molar-refractivity contribution in [1.82, 2.24) is 4.90 Å². The lowest BCUT2D eigenvalue weighted by Gasteiger charge is -2.36. The van der Waals surface area contributed by atoms with Gasteiger partial charge in [0.1, 0.15) is 0 Å². The number of carbonyl (C=O) groups is 1. The minimum atomic E-state index is 0.132. The molecule has 110 valence electrons. The summed E-state index contributed by atoms with van der Waals surface area (Å²) in [5, 5.41) is 3.14. The Balaban J connectivity index is 2.22. The summed E-state index contributed by atoms with van der Waals surface area (Å²) in [6.07, 6.45) is 4.89. The summed E-state index contributed by atoms with van der Waals surface area (Å²) in [5.41, 5.74) is 2.86. The lowest BCUT2D eigenvalue weighted by Crippen LogP contribution is -2.42. The molecule has 1 fully saturated rings. The quantitative estimate of drug-likeness (QED) is 0.911. The number of rotatable bonds is 3. The first-order valence-electron chi connectivity index (χ1n) is 7.60. The molecule has 0 saturated heterocycles. The van der Waals surface area contributed by atoms with E-state index in [9.17, 15) is 4.79 Å². The van der Waals surface area contributed by atoms with Crippen LogP contribution in [0.25, 0.3) is 0 Å². The molecule has 3 heteroatoms. The number of benzene rings is 1. The molecule has 1 aromatic rings. The van der Waals surface area contributed by atoms with Gasteiger partial charge in [0.15, 0.2) is 0 Å². The van der Waals surface area contributed by atoms with Crippen molar-refractivity contribution in [3.05, 3.63) is 29.3 Å². The van der Waals surface area contributed by atoms with Crippen LogP contribution in [-0.2, 0) is 0 Å². The number of nitrogens with one attached hydrogen (secondary N) is 1. The summed E-state index contributed by atoms with van der Waals surface area (Å²) in [6, 6.07) is 6.35. The number of hydrogen-bond donors (Lipinski definition) is 1. The largest absolute Gasteiger partial charge is 0.387 e. The molecule has 2 atom stereocenters. The van der Waals surface area contributed by atoms with Crippen LogP contribution in [0.3, 0.4) is 0 Å². The van der Waals surface area contributed by atoms with E-state index in [0.717, 1.165) is 17.7 Å². The van der Waals surface area contributed by atoms with Crippen molar-refractivity contribution in [2.24, 2.45) is 5.92 Å². The minimum Gasteiger partial charge on any atom is -0.387 e. The first kappa shape index (κ1) is 14.9. The van der Waals surface area contributed by atoms with E-state index in [1.807, 2.05) is 44.1 Å². The second-order valence-corrected chi connectivity index (χ2v) is 6.04. The van der Waals surface area contributed by atoms with E-state index in [0.29, 0.717) is 12.0 Å². The molecule has 0 aromatic heterocycles. The van der Waals surface area contributed by atoms with Crippen LogP contribution >= 0.6 is 0 Å². The third-order valence-corrected chi connectivity index (χ3v) is 4.56. The normalized spacial score (nSPS) is 22.4. The number of aryl methyl sites for hydroxylation is 1. The highest BCUT2D eigenvalue weighted by atomic mass is 16.2. The van der Waals surface area contributed by atoms with Gasteiger partial charge in [0.05, 0.1) is 5.56 Å². The van der Waals surface area contributed by atoms with E-state index in [2.05, 4.69) is 12.2 Å². The van der Waals surface area contributed by atoms with Gasteiger partial charge < -0.3 is 10.2 Å². The van der Waals surface area contributed by atoms with E-state index in [-0.39, 0.29) is 5.91 Å². The second kappa shape index (κ2) is 6.29. The van der Waals surface area contributed by atoms with Gasteiger partial charge >= 0.3 is 0 Å². The monoisotopic (exact) mass is 274 g/mol. The molecule has 0 spiro atoms. The van der Waals surface area contributed by atoms with Crippen LogP contribution in [0.2, 0.25) is 0 Å². The van der Waals surface area contributed by atoms with E-state index in [4.69, 9.17) is 0 Å². The highest BCUT2D eigenvalue weighted by Gasteiger charge is 2.29. The molecular weight excluding hydrogens is 248 g/mol. The number of carbonyl (C=O) groups excluding carboxylic acids is 1. The molecule has 1 N–H and O–H groups in total. The third kappa shape index (κ3) is 2.97. The Morgan fingerprint density at radius 2 is 2.00 bits per heavy atom. The lowest BCUT2D eigenvalue weighted by atomic mass is 9.85. The Morgan fingerprint density at radius 3 is 2.65 bits per heavy atom. The van der Waals surface area contributed by atoms with Gasteiger partial charge in [-0.05, 0) is 43.4 Å². The fraction of sp³-hybridized carbons (Fsp3) is 0.588. The van der Waals surface area contributed by atoms with Crippen molar-refractivity contribution in [3.63, 3.8) is 0 Å². The minimum absolute atomic E-state index is 0.132. The molecule has 1 saturated carbocycles. The number of nitrogens with zero attached hydrogens (tertiary/aromatic N) is 1. The molecule has 1 aromatic carbocycles. The zero-order chi connectivity index (χ0) is 14.7. The summed E-state index contributed by atoms with van der Waals surface area (Å²) in [5.74, 6) is 0.731. The molecular formula is C17H26N2O. The maximum Gasteiger partial charge on any atom is 0.255 e. The standard InChI is InChI=1S/C17H26N2O/c1-12-9-10-14(15(11-12)18-3)17(20)19(4)16-8-6-5-7-13(16)2/h9-11,13,16,18H,5-8H2,1-4H3. The van der Waals surface area contributed by atoms with E-state index < -0.39 is 0 Å². The van der Waals surface area contributed by atoms with Crippen LogP contribution < -0.4 is 5.32 Å². The van der Waals surface area contributed by atoms with E-state index in [1.165, 1.54) is 24.8 Å². The summed E-state index contributed by atoms with van der Waals surface area (Å²) in [6.45, 7) is 4.31. The predicted molar refractivity (Wildman–Crippen MR) is 84.2 cm³/mol. The molecule has 0 bridgehead atoms. The van der Waals surface area contributed by atoms with Crippen molar-refractivity contribution in [2.45, 2.75) is 45.6 Å². The van der Waals surface area contributed by atoms with Gasteiger partial charge in [-0.15, -0.1) is 0 Å². The second-order valence-electron chi connectivity index (χ2n) is 6.04. The van der Waals surface area contributed by atoms with Crippen molar-refractivity contribution in [3.8, 4) is 0 Å². The smallest absolute Gasteiger partial charge is 0.255 e. The maximum atomic E-state index is 12.8. The first-order chi connectivity index (χ1) is 9.54. The van der Waals surface area contributed by atoms with Crippen molar-refractivity contribution >= 4 is 11.6 Å². The maximum absolute atomic E-state index is 12.8. The Bertz CT molecular complexity index is 484.